The van der Waals surface area contributed by atoms with E-state index in [1.165, 1.54) is 0 Å². The van der Waals surface area contributed by atoms with Gasteiger partial charge in [-0.2, -0.15) is 0 Å². The lowest BCUT2D eigenvalue weighted by Crippen LogP contribution is -2.31. The summed E-state index contributed by atoms with van der Waals surface area (Å²) >= 11 is 0. The number of hydrogen-bond donors (Lipinski definition) is 2. The molecule has 5 heteroatoms. The number of hydrazine groups is 1. The van der Waals surface area contributed by atoms with E-state index in [9.17, 15) is 0 Å². The second-order valence-corrected chi connectivity index (χ2v) is 3.45. The van der Waals surface area contributed by atoms with Crippen LogP contribution in [-0.2, 0) is 13.5 Å². The molecule has 0 aromatic carbocycles. The van der Waals surface area contributed by atoms with Crippen molar-refractivity contribution in [1.29, 1.82) is 0 Å². The van der Waals surface area contributed by atoms with Crippen molar-refractivity contribution in [2.24, 2.45) is 12.9 Å². The van der Waals surface area contributed by atoms with Gasteiger partial charge in [-0.15, -0.1) is 0 Å². The van der Waals surface area contributed by atoms with Crippen molar-refractivity contribution >= 4 is 0 Å². The van der Waals surface area contributed by atoms with Gasteiger partial charge in [0.05, 0.1) is 18.6 Å². The van der Waals surface area contributed by atoms with Crippen LogP contribution in [0.1, 0.15) is 17.4 Å². The number of nitrogens with zero attached hydrogens (tertiary/aromatic N) is 2. The molecule has 1 unspecified atom stereocenters. The summed E-state index contributed by atoms with van der Waals surface area (Å²) in [6, 6.07) is 1.93. The maximum absolute atomic E-state index is 5.52. The maximum atomic E-state index is 5.52. The largest absolute Gasteiger partial charge is 0.472 e. The number of nitrogens with two attached hydrogens (primary N) is 1. The van der Waals surface area contributed by atoms with Crippen LogP contribution in [0.3, 0.4) is 0 Å². The molecule has 0 amide bonds. The summed E-state index contributed by atoms with van der Waals surface area (Å²) in [6.07, 6.45) is 7.79. The molecule has 0 bridgehead atoms. The van der Waals surface area contributed by atoms with Crippen LogP contribution in [-0.4, -0.2) is 9.55 Å². The average molecular weight is 206 g/mol. The molecule has 80 valence electrons. The van der Waals surface area contributed by atoms with Gasteiger partial charge in [0, 0.05) is 19.4 Å². The summed E-state index contributed by atoms with van der Waals surface area (Å²) in [4.78, 5) is 4.26. The monoisotopic (exact) mass is 206 g/mol. The van der Waals surface area contributed by atoms with Crippen LogP contribution >= 0.6 is 0 Å². The van der Waals surface area contributed by atoms with Crippen LogP contribution in [0.5, 0.6) is 0 Å². The standard InChI is InChI=1S/C10H14N4O/c1-14-4-3-12-10(14)9(13-11)6-8-2-5-15-7-8/h2-5,7,9,13H,6,11H2,1H3. The molecule has 5 nitrogen and oxygen atoms in total. The van der Waals surface area contributed by atoms with Crippen molar-refractivity contribution in [2.75, 3.05) is 0 Å². The Kier molecular flexibility index (Phi) is 2.84. The highest BCUT2D eigenvalue weighted by molar-refractivity contribution is 5.11. The molecule has 15 heavy (non-hydrogen) atoms. The van der Waals surface area contributed by atoms with Gasteiger partial charge in [-0.25, -0.2) is 10.4 Å². The van der Waals surface area contributed by atoms with E-state index in [1.54, 1.807) is 18.7 Å². The number of hydrogen-bond acceptors (Lipinski definition) is 4. The molecule has 0 saturated carbocycles. The quantitative estimate of drug-likeness (QED) is 0.572. The van der Waals surface area contributed by atoms with E-state index in [2.05, 4.69) is 10.4 Å². The predicted molar refractivity (Wildman–Crippen MR) is 55.7 cm³/mol. The van der Waals surface area contributed by atoms with E-state index < -0.39 is 0 Å². The third-order valence-electron chi connectivity index (χ3n) is 2.39. The second-order valence-electron chi connectivity index (χ2n) is 3.45. The Hall–Kier alpha value is -1.59. The van der Waals surface area contributed by atoms with E-state index >= 15 is 0 Å². The topological polar surface area (TPSA) is 69.0 Å². The van der Waals surface area contributed by atoms with E-state index in [-0.39, 0.29) is 6.04 Å². The molecule has 1 atom stereocenters. The number of aryl methyl sites for hydroxylation is 1. The zero-order valence-corrected chi connectivity index (χ0v) is 8.55. The SMILES string of the molecule is Cn1ccnc1C(Cc1ccoc1)NN. The Bertz CT molecular complexity index is 407. The first-order chi connectivity index (χ1) is 7.31. The van der Waals surface area contributed by atoms with Gasteiger partial charge in [0.15, 0.2) is 0 Å². The first kappa shape index (κ1) is 9.95. The zero-order valence-electron chi connectivity index (χ0n) is 8.55. The van der Waals surface area contributed by atoms with E-state index in [4.69, 9.17) is 10.3 Å². The lowest BCUT2D eigenvalue weighted by atomic mass is 10.1. The molecule has 3 N–H and O–H groups in total. The highest BCUT2D eigenvalue weighted by atomic mass is 16.3. The maximum Gasteiger partial charge on any atom is 0.127 e. The summed E-state index contributed by atoms with van der Waals surface area (Å²) in [5.74, 6) is 6.43. The normalized spacial score (nSPS) is 12.9. The Morgan fingerprint density at radius 1 is 1.67 bits per heavy atom. The number of imidazole rings is 1. The first-order valence-corrected chi connectivity index (χ1v) is 4.75. The highest BCUT2D eigenvalue weighted by Crippen LogP contribution is 2.15. The molecule has 0 saturated heterocycles. The van der Waals surface area contributed by atoms with Gasteiger partial charge in [0.2, 0.25) is 0 Å². The Morgan fingerprint density at radius 2 is 2.53 bits per heavy atom. The molecule has 0 radical (unpaired) electrons. The third kappa shape index (κ3) is 2.08. The molecule has 2 rings (SSSR count). The second kappa shape index (κ2) is 4.29. The molecule has 2 aromatic heterocycles. The fourth-order valence-corrected chi connectivity index (χ4v) is 1.58. The molecule has 0 spiro atoms. The van der Waals surface area contributed by atoms with Crippen LogP contribution in [0.25, 0.3) is 0 Å². The number of nitrogens with one attached hydrogen (secondary N) is 1. The lowest BCUT2D eigenvalue weighted by molar-refractivity contribution is 0.501. The van der Waals surface area contributed by atoms with Gasteiger partial charge >= 0.3 is 0 Å². The van der Waals surface area contributed by atoms with Crippen LogP contribution in [0.15, 0.2) is 35.4 Å². The molecule has 0 fully saturated rings. The molecule has 0 aliphatic carbocycles. The lowest BCUT2D eigenvalue weighted by Gasteiger charge is -2.14. The minimum Gasteiger partial charge on any atom is -0.472 e. The highest BCUT2D eigenvalue weighted by Gasteiger charge is 2.15. The molecule has 2 aromatic rings. The van der Waals surface area contributed by atoms with E-state index in [1.807, 2.05) is 23.9 Å². The molecule has 0 aliphatic rings. The van der Waals surface area contributed by atoms with E-state index in [0.29, 0.717) is 0 Å². The van der Waals surface area contributed by atoms with E-state index in [0.717, 1.165) is 17.8 Å². The van der Waals surface area contributed by atoms with Crippen molar-refractivity contribution in [2.45, 2.75) is 12.5 Å². The minimum absolute atomic E-state index is 0.00241. The van der Waals surface area contributed by atoms with Crippen molar-refractivity contribution in [3.05, 3.63) is 42.4 Å². The van der Waals surface area contributed by atoms with Gasteiger partial charge < -0.3 is 8.98 Å². The predicted octanol–water partition coefficient (Wildman–Crippen LogP) is 0.760. The average Bonchev–Trinajstić information content (AvgIpc) is 2.85. The van der Waals surface area contributed by atoms with Gasteiger partial charge in [-0.1, -0.05) is 0 Å². The summed E-state index contributed by atoms with van der Waals surface area (Å²) in [6.45, 7) is 0. The summed E-state index contributed by atoms with van der Waals surface area (Å²) < 4.78 is 6.96. The Labute approximate surface area is 87.9 Å². The minimum atomic E-state index is 0.00241. The van der Waals surface area contributed by atoms with Crippen molar-refractivity contribution in [3.63, 3.8) is 0 Å². The van der Waals surface area contributed by atoms with Crippen LogP contribution in [0.4, 0.5) is 0 Å². The summed E-state index contributed by atoms with van der Waals surface area (Å²) in [7, 11) is 1.95. The number of furan rings is 1. The first-order valence-electron chi connectivity index (χ1n) is 4.75. The van der Waals surface area contributed by atoms with Crippen LogP contribution < -0.4 is 11.3 Å². The van der Waals surface area contributed by atoms with Crippen molar-refractivity contribution < 1.29 is 4.42 Å². The van der Waals surface area contributed by atoms with Crippen LogP contribution in [0.2, 0.25) is 0 Å². The molecular weight excluding hydrogens is 192 g/mol. The summed E-state index contributed by atoms with van der Waals surface area (Å²) in [5, 5.41) is 0. The van der Waals surface area contributed by atoms with Gasteiger partial charge in [0.1, 0.15) is 5.82 Å². The third-order valence-corrected chi connectivity index (χ3v) is 2.39. The number of aromatic nitrogens is 2. The number of rotatable bonds is 4. The molecule has 0 aliphatic heterocycles. The smallest absolute Gasteiger partial charge is 0.127 e. The Morgan fingerprint density at radius 3 is 3.07 bits per heavy atom. The molecular formula is C10H14N4O. The fourth-order valence-electron chi connectivity index (χ4n) is 1.58. The van der Waals surface area contributed by atoms with Crippen LogP contribution in [0, 0.1) is 0 Å². The van der Waals surface area contributed by atoms with Gasteiger partial charge in [-0.3, -0.25) is 5.84 Å². The van der Waals surface area contributed by atoms with Gasteiger partial charge in [0.25, 0.3) is 0 Å². The molecule has 2 heterocycles. The summed E-state index contributed by atoms with van der Waals surface area (Å²) in [5.41, 5.74) is 3.86. The van der Waals surface area contributed by atoms with Gasteiger partial charge in [-0.05, 0) is 18.1 Å². The fraction of sp³-hybridized carbons (Fsp3) is 0.300. The van der Waals surface area contributed by atoms with Crippen molar-refractivity contribution in [3.8, 4) is 0 Å². The Balaban J connectivity index is 2.15. The zero-order chi connectivity index (χ0) is 10.7. The van der Waals surface area contributed by atoms with Crippen molar-refractivity contribution in [1.82, 2.24) is 15.0 Å².